The molecule has 1 saturated heterocycles. The lowest BCUT2D eigenvalue weighted by Crippen LogP contribution is -2.51. The molecule has 1 aliphatic carbocycles. The number of hydrogen-bond acceptors (Lipinski definition) is 6. The topological polar surface area (TPSA) is 113 Å². The summed E-state index contributed by atoms with van der Waals surface area (Å²) in [4.78, 5) is 30.8. The maximum Gasteiger partial charge on any atom is 0.414 e. The van der Waals surface area contributed by atoms with Gasteiger partial charge in [0.25, 0.3) is 0 Å². The Labute approximate surface area is 203 Å². The minimum atomic E-state index is -1.05. The highest BCUT2D eigenvalue weighted by atomic mass is 16.5. The van der Waals surface area contributed by atoms with Crippen LogP contribution in [0.1, 0.15) is 25.8 Å². The van der Waals surface area contributed by atoms with Gasteiger partial charge >= 0.3 is 12.2 Å². The molecule has 2 aromatic rings. The number of amides is 2. The number of nitrogens with one attached hydrogen (secondary N) is 1. The molecular weight excluding hydrogens is 448 g/mol. The lowest BCUT2D eigenvalue weighted by molar-refractivity contribution is 0.175. The average Bonchev–Trinajstić information content (AvgIpc) is 3.24. The van der Waals surface area contributed by atoms with Crippen LogP contribution in [0.3, 0.4) is 0 Å². The molecule has 3 aliphatic heterocycles. The summed E-state index contributed by atoms with van der Waals surface area (Å²) < 4.78 is 6.89. The number of methoxy groups -OCH3 is 1. The van der Waals surface area contributed by atoms with Gasteiger partial charge in [0.05, 0.1) is 49.0 Å². The molecule has 0 radical (unpaired) electrons. The van der Waals surface area contributed by atoms with Crippen molar-refractivity contribution in [1.29, 1.82) is 0 Å². The first-order valence-electron chi connectivity index (χ1n) is 11.7. The molecule has 4 heterocycles. The van der Waals surface area contributed by atoms with Crippen molar-refractivity contribution >= 4 is 23.6 Å². The number of aromatic nitrogens is 3. The number of ether oxygens (including phenoxy) is 1. The minimum absolute atomic E-state index is 0.176. The summed E-state index contributed by atoms with van der Waals surface area (Å²) in [5, 5.41) is 17.6. The third-order valence-corrected chi connectivity index (χ3v) is 6.61. The molecule has 2 amide bonds. The number of benzene rings is 1. The maximum absolute atomic E-state index is 12.3. The lowest BCUT2D eigenvalue weighted by Gasteiger charge is -2.39. The normalized spacial score (nSPS) is 18.3. The summed E-state index contributed by atoms with van der Waals surface area (Å²) in [5.41, 5.74) is 5.25. The van der Waals surface area contributed by atoms with Crippen molar-refractivity contribution in [2.45, 2.75) is 31.8 Å². The first-order chi connectivity index (χ1) is 17.0. The quantitative estimate of drug-likeness (QED) is 0.450. The van der Waals surface area contributed by atoms with Crippen molar-refractivity contribution in [3.05, 3.63) is 48.9 Å². The van der Waals surface area contributed by atoms with E-state index in [4.69, 9.17) is 4.74 Å². The van der Waals surface area contributed by atoms with Crippen LogP contribution in [0.4, 0.5) is 21.0 Å². The number of pyridine rings is 1. The molecule has 0 bridgehead atoms. The van der Waals surface area contributed by atoms with Crippen LogP contribution in [0.25, 0.3) is 22.4 Å². The molecule has 2 N–H and O–H groups in total. The Balaban J connectivity index is 0.000000362. The molecular formula is C25H28N6O4. The summed E-state index contributed by atoms with van der Waals surface area (Å²) in [6, 6.07) is 9.56. The fourth-order valence-electron chi connectivity index (χ4n) is 4.67. The molecule has 0 saturated carbocycles. The zero-order valence-electron chi connectivity index (χ0n) is 19.7. The van der Waals surface area contributed by atoms with Gasteiger partial charge in [-0.1, -0.05) is 6.07 Å². The Morgan fingerprint density at radius 3 is 2.49 bits per heavy atom. The number of nitrogens with zero attached hydrogens (tertiary/aromatic N) is 5. The van der Waals surface area contributed by atoms with E-state index in [1.807, 2.05) is 29.2 Å². The Kier molecular flexibility index (Phi) is 6.12. The van der Waals surface area contributed by atoms with Gasteiger partial charge in [-0.3, -0.25) is 19.5 Å². The Bertz CT molecular complexity index is 1240. The molecule has 0 unspecified atom stereocenters. The van der Waals surface area contributed by atoms with Crippen molar-refractivity contribution in [2.24, 2.45) is 0 Å². The van der Waals surface area contributed by atoms with Gasteiger partial charge in [0.1, 0.15) is 0 Å². The van der Waals surface area contributed by atoms with Crippen molar-refractivity contribution in [3.63, 3.8) is 0 Å². The Hall–Kier alpha value is -3.92. The maximum atomic E-state index is 12.3. The van der Waals surface area contributed by atoms with Crippen LogP contribution in [-0.2, 0) is 4.74 Å². The summed E-state index contributed by atoms with van der Waals surface area (Å²) in [6.45, 7) is 3.93. The number of carbonyl (C=O) groups excluding carboxylic acids is 1. The molecule has 10 nitrogen and oxygen atoms in total. The van der Waals surface area contributed by atoms with E-state index in [9.17, 15) is 14.7 Å². The number of anilines is 2. The van der Waals surface area contributed by atoms with Crippen molar-refractivity contribution in [2.75, 3.05) is 36.5 Å². The zero-order chi connectivity index (χ0) is 24.5. The van der Waals surface area contributed by atoms with Crippen molar-refractivity contribution < 1.29 is 19.4 Å². The van der Waals surface area contributed by atoms with E-state index in [-0.39, 0.29) is 12.6 Å². The van der Waals surface area contributed by atoms with Crippen LogP contribution in [0, 0.1) is 0 Å². The van der Waals surface area contributed by atoms with Crippen LogP contribution in [0.15, 0.2) is 48.9 Å². The molecule has 1 aromatic heterocycles. The standard InChI is InChI=1S/C20H25N5O4.C5H3N/c1-13-11-23(19(26)27)18-9-14(3-4-17(18)25(13)20(28)29-2)15-10-22-24(12-15)16-5-7-21-8-6-16;1-2-6-5-3-4(1)5/h3-4,9-10,12-13,16,21H,5-8,11H2,1-2H3,(H,26,27);1-3H/t13-;/m0./s1. The van der Waals surface area contributed by atoms with E-state index in [1.165, 1.54) is 28.2 Å². The van der Waals surface area contributed by atoms with E-state index in [1.54, 1.807) is 25.3 Å². The highest BCUT2D eigenvalue weighted by Crippen LogP contribution is 2.39. The monoisotopic (exact) mass is 476 g/mol. The third kappa shape index (κ3) is 4.57. The predicted octanol–water partition coefficient (Wildman–Crippen LogP) is 4.00. The van der Waals surface area contributed by atoms with Gasteiger partial charge in [-0.2, -0.15) is 5.10 Å². The van der Waals surface area contributed by atoms with Gasteiger partial charge in [-0.25, -0.2) is 9.59 Å². The molecule has 35 heavy (non-hydrogen) atoms. The predicted molar refractivity (Wildman–Crippen MR) is 132 cm³/mol. The van der Waals surface area contributed by atoms with Gasteiger partial charge in [0.2, 0.25) is 0 Å². The number of fused-ring (bicyclic) bond motifs is 2. The SMILES string of the molecule is COC(=O)N1c2ccc(-c3cnn(C4CCNCC4)c3)cc2N(C(=O)O)C[C@@H]1C.c1cc2cc-2n1. The second kappa shape index (κ2) is 9.38. The van der Waals surface area contributed by atoms with E-state index in [2.05, 4.69) is 21.5 Å². The van der Waals surface area contributed by atoms with Crippen LogP contribution in [-0.4, -0.2) is 64.8 Å². The van der Waals surface area contributed by atoms with Crippen LogP contribution >= 0.6 is 0 Å². The summed E-state index contributed by atoms with van der Waals surface area (Å²) in [5.74, 6) is 0. The van der Waals surface area contributed by atoms with Gasteiger partial charge in [0.15, 0.2) is 0 Å². The Morgan fingerprint density at radius 2 is 1.89 bits per heavy atom. The summed E-state index contributed by atoms with van der Waals surface area (Å²) >= 11 is 0. The molecule has 182 valence electrons. The highest BCUT2D eigenvalue weighted by molar-refractivity contribution is 6.01. The molecule has 1 fully saturated rings. The number of hydrogen-bond donors (Lipinski definition) is 2. The summed E-state index contributed by atoms with van der Waals surface area (Å²) in [7, 11) is 1.32. The van der Waals surface area contributed by atoms with Crippen LogP contribution < -0.4 is 15.1 Å². The number of carboxylic acid groups (broad SMARTS) is 1. The first-order valence-corrected chi connectivity index (χ1v) is 11.7. The molecule has 1 aromatic carbocycles. The van der Waals surface area contributed by atoms with Gasteiger partial charge in [-0.15, -0.1) is 0 Å². The van der Waals surface area contributed by atoms with E-state index in [0.717, 1.165) is 37.1 Å². The van der Waals surface area contributed by atoms with Crippen LogP contribution in [0.2, 0.25) is 0 Å². The highest BCUT2D eigenvalue weighted by Gasteiger charge is 2.35. The molecule has 10 heteroatoms. The fourth-order valence-corrected chi connectivity index (χ4v) is 4.67. The minimum Gasteiger partial charge on any atom is -0.465 e. The zero-order valence-corrected chi connectivity index (χ0v) is 19.7. The second-order valence-corrected chi connectivity index (χ2v) is 8.91. The average molecular weight is 477 g/mol. The number of piperidine rings is 1. The van der Waals surface area contributed by atoms with Crippen molar-refractivity contribution in [1.82, 2.24) is 20.1 Å². The first kappa shape index (κ1) is 22.9. The number of carbonyl (C=O) groups is 2. The molecule has 4 aliphatic rings. The smallest absolute Gasteiger partial charge is 0.414 e. The van der Waals surface area contributed by atoms with Gasteiger partial charge in [0, 0.05) is 23.5 Å². The second-order valence-electron chi connectivity index (χ2n) is 8.91. The third-order valence-electron chi connectivity index (χ3n) is 6.61. The molecule has 1 atom stereocenters. The van der Waals surface area contributed by atoms with E-state index >= 15 is 0 Å². The Morgan fingerprint density at radius 1 is 1.09 bits per heavy atom. The van der Waals surface area contributed by atoms with E-state index in [0.29, 0.717) is 17.4 Å². The summed E-state index contributed by atoms with van der Waals surface area (Å²) in [6.07, 6.45) is 6.14. The molecule has 0 spiro atoms. The fraction of sp³-hybridized carbons (Fsp3) is 0.360. The van der Waals surface area contributed by atoms with E-state index < -0.39 is 12.2 Å². The largest absolute Gasteiger partial charge is 0.465 e. The number of rotatable bonds is 2. The van der Waals surface area contributed by atoms with Gasteiger partial charge in [-0.05, 0) is 62.7 Å². The van der Waals surface area contributed by atoms with Crippen LogP contribution in [0.5, 0.6) is 0 Å². The van der Waals surface area contributed by atoms with Gasteiger partial charge < -0.3 is 15.2 Å². The molecule has 6 rings (SSSR count). The lowest BCUT2D eigenvalue weighted by atomic mass is 10.0. The van der Waals surface area contributed by atoms with Crippen molar-refractivity contribution in [3.8, 4) is 22.4 Å².